The molecule has 0 bridgehead atoms. The largest absolute Gasteiger partial charge is 0.462 e. The van der Waals surface area contributed by atoms with Crippen molar-refractivity contribution >= 4 is 29.0 Å². The van der Waals surface area contributed by atoms with Gasteiger partial charge in [-0.1, -0.05) is 6.92 Å². The van der Waals surface area contributed by atoms with Crippen LogP contribution >= 0.6 is 0 Å². The van der Waals surface area contributed by atoms with Crippen molar-refractivity contribution in [3.05, 3.63) is 23.8 Å². The van der Waals surface area contributed by atoms with Gasteiger partial charge in [-0.2, -0.15) is 0 Å². The molecule has 2 rings (SSSR count). The van der Waals surface area contributed by atoms with Crippen LogP contribution in [0, 0.1) is 0 Å². The molecule has 0 spiro atoms. The average Bonchev–Trinajstić information content (AvgIpc) is 2.85. The van der Waals surface area contributed by atoms with Crippen molar-refractivity contribution in [3.63, 3.8) is 0 Å². The minimum atomic E-state index is -0.619. The number of nitrogens with one attached hydrogen (secondary N) is 2. The van der Waals surface area contributed by atoms with Gasteiger partial charge in [0, 0.05) is 0 Å². The first-order valence-corrected chi connectivity index (χ1v) is 6.16. The number of H-pyrrole nitrogens is 1. The van der Waals surface area contributed by atoms with E-state index in [2.05, 4.69) is 20.0 Å². The molecule has 106 valence electrons. The molecule has 7 nitrogen and oxygen atoms in total. The predicted octanol–water partition coefficient (Wildman–Crippen LogP) is 2.31. The van der Waals surface area contributed by atoms with Crippen LogP contribution in [0.15, 0.2) is 18.2 Å². The van der Waals surface area contributed by atoms with E-state index in [0.717, 1.165) is 6.42 Å². The lowest BCUT2D eigenvalue weighted by atomic mass is 10.2. The molecule has 20 heavy (non-hydrogen) atoms. The first kappa shape index (κ1) is 13.9. The van der Waals surface area contributed by atoms with E-state index < -0.39 is 6.09 Å². The Morgan fingerprint density at radius 3 is 2.90 bits per heavy atom. The normalized spacial score (nSPS) is 10.3. The fraction of sp³-hybridized carbons (Fsp3) is 0.308. The molecule has 0 saturated heterocycles. The highest BCUT2D eigenvalue weighted by Gasteiger charge is 2.11. The summed E-state index contributed by atoms with van der Waals surface area (Å²) < 4.78 is 9.52. The van der Waals surface area contributed by atoms with Crippen molar-refractivity contribution in [2.75, 3.05) is 19.0 Å². The molecule has 2 N–H and O–H groups in total. The number of fused-ring (bicyclic) bond motifs is 1. The zero-order valence-corrected chi connectivity index (χ0v) is 11.2. The van der Waals surface area contributed by atoms with Crippen LogP contribution in [0.25, 0.3) is 11.0 Å². The van der Waals surface area contributed by atoms with Crippen molar-refractivity contribution in [1.82, 2.24) is 9.97 Å². The number of aromatic amines is 1. The Morgan fingerprint density at radius 2 is 2.20 bits per heavy atom. The number of rotatable bonds is 4. The number of methoxy groups -OCH3 is 1. The SMILES string of the molecule is CCCOC(=O)c1ccc2nc(NC(=O)OC)[nH]c2c1. The van der Waals surface area contributed by atoms with Gasteiger partial charge in [0.2, 0.25) is 5.95 Å². The van der Waals surface area contributed by atoms with Crippen LogP contribution in [-0.4, -0.2) is 35.7 Å². The summed E-state index contributed by atoms with van der Waals surface area (Å²) in [5.41, 5.74) is 1.69. The Kier molecular flexibility index (Phi) is 4.19. The van der Waals surface area contributed by atoms with Crippen LogP contribution in [-0.2, 0) is 9.47 Å². The van der Waals surface area contributed by atoms with Gasteiger partial charge in [0.15, 0.2) is 0 Å². The molecule has 1 aromatic carbocycles. The highest BCUT2D eigenvalue weighted by molar-refractivity contribution is 5.94. The van der Waals surface area contributed by atoms with Gasteiger partial charge in [0.25, 0.3) is 0 Å². The molecule has 0 aliphatic carbocycles. The Bertz CT molecular complexity index is 636. The maximum atomic E-state index is 11.7. The number of nitrogens with zero attached hydrogens (tertiary/aromatic N) is 1. The van der Waals surface area contributed by atoms with E-state index in [1.807, 2.05) is 6.92 Å². The third-order valence-corrected chi connectivity index (χ3v) is 2.56. The molecular weight excluding hydrogens is 262 g/mol. The van der Waals surface area contributed by atoms with E-state index in [-0.39, 0.29) is 11.9 Å². The number of carbonyl (C=O) groups is 2. The van der Waals surface area contributed by atoms with Crippen LogP contribution in [0.3, 0.4) is 0 Å². The van der Waals surface area contributed by atoms with Crippen molar-refractivity contribution in [2.45, 2.75) is 13.3 Å². The minimum absolute atomic E-state index is 0.255. The smallest absolute Gasteiger partial charge is 0.413 e. The predicted molar refractivity (Wildman–Crippen MR) is 72.7 cm³/mol. The monoisotopic (exact) mass is 277 g/mol. The Labute approximate surface area is 115 Å². The first-order chi connectivity index (χ1) is 9.63. The number of hydrogen-bond donors (Lipinski definition) is 2. The lowest BCUT2D eigenvalue weighted by Crippen LogP contribution is -2.11. The molecule has 0 unspecified atom stereocenters. The van der Waals surface area contributed by atoms with Gasteiger partial charge in [-0.15, -0.1) is 0 Å². The van der Waals surface area contributed by atoms with E-state index in [1.54, 1.807) is 18.2 Å². The van der Waals surface area contributed by atoms with Crippen molar-refractivity contribution < 1.29 is 19.1 Å². The zero-order valence-electron chi connectivity index (χ0n) is 11.2. The fourth-order valence-electron chi connectivity index (χ4n) is 1.62. The van der Waals surface area contributed by atoms with E-state index in [9.17, 15) is 9.59 Å². The Morgan fingerprint density at radius 1 is 1.40 bits per heavy atom. The summed E-state index contributed by atoms with van der Waals surface area (Å²) in [6, 6.07) is 4.93. The molecule has 1 amide bonds. The van der Waals surface area contributed by atoms with Gasteiger partial charge in [0.05, 0.1) is 30.3 Å². The molecule has 2 aromatic rings. The number of imidazole rings is 1. The van der Waals surface area contributed by atoms with E-state index in [1.165, 1.54) is 7.11 Å². The van der Waals surface area contributed by atoms with Crippen LogP contribution in [0.1, 0.15) is 23.7 Å². The van der Waals surface area contributed by atoms with Crippen LogP contribution in [0.4, 0.5) is 10.7 Å². The third kappa shape index (κ3) is 3.05. The zero-order chi connectivity index (χ0) is 14.5. The second-order valence-electron chi connectivity index (χ2n) is 4.07. The topological polar surface area (TPSA) is 93.3 Å². The lowest BCUT2D eigenvalue weighted by molar-refractivity contribution is 0.0505. The van der Waals surface area contributed by atoms with Gasteiger partial charge in [-0.25, -0.2) is 14.6 Å². The summed E-state index contributed by atoms with van der Waals surface area (Å²) in [6.45, 7) is 2.31. The summed E-state index contributed by atoms with van der Waals surface area (Å²) in [6.07, 6.45) is 0.150. The molecule has 0 saturated carbocycles. The number of aromatic nitrogens is 2. The molecule has 0 aliphatic rings. The highest BCUT2D eigenvalue weighted by Crippen LogP contribution is 2.17. The Hall–Kier alpha value is -2.57. The van der Waals surface area contributed by atoms with Gasteiger partial charge in [0.1, 0.15) is 0 Å². The molecule has 0 fully saturated rings. The summed E-state index contributed by atoms with van der Waals surface area (Å²) in [7, 11) is 1.26. The van der Waals surface area contributed by atoms with Crippen molar-refractivity contribution in [1.29, 1.82) is 0 Å². The van der Waals surface area contributed by atoms with Gasteiger partial charge < -0.3 is 14.5 Å². The molecule has 0 atom stereocenters. The quantitative estimate of drug-likeness (QED) is 0.836. The van der Waals surface area contributed by atoms with E-state index in [4.69, 9.17) is 4.74 Å². The third-order valence-electron chi connectivity index (χ3n) is 2.56. The second kappa shape index (κ2) is 6.05. The van der Waals surface area contributed by atoms with Gasteiger partial charge in [-0.3, -0.25) is 5.32 Å². The van der Waals surface area contributed by atoms with Crippen LogP contribution < -0.4 is 5.32 Å². The van der Waals surface area contributed by atoms with E-state index >= 15 is 0 Å². The summed E-state index contributed by atoms with van der Waals surface area (Å²) in [5.74, 6) is -0.128. The number of ether oxygens (including phenoxy) is 2. The number of benzene rings is 1. The summed E-state index contributed by atoms with van der Waals surface area (Å²) in [4.78, 5) is 29.8. The first-order valence-electron chi connectivity index (χ1n) is 6.16. The van der Waals surface area contributed by atoms with Crippen molar-refractivity contribution in [3.8, 4) is 0 Å². The van der Waals surface area contributed by atoms with E-state index in [0.29, 0.717) is 23.2 Å². The number of carbonyl (C=O) groups excluding carboxylic acids is 2. The van der Waals surface area contributed by atoms with Crippen molar-refractivity contribution in [2.24, 2.45) is 0 Å². The number of amides is 1. The minimum Gasteiger partial charge on any atom is -0.462 e. The highest BCUT2D eigenvalue weighted by atomic mass is 16.5. The van der Waals surface area contributed by atoms with Crippen LogP contribution in [0.2, 0.25) is 0 Å². The standard InChI is InChI=1S/C13H15N3O4/c1-3-6-20-11(17)8-4-5-9-10(7-8)15-12(14-9)16-13(18)19-2/h4-5,7H,3,6H2,1-2H3,(H2,14,15,16,18). The second-order valence-corrected chi connectivity index (χ2v) is 4.07. The molecular formula is C13H15N3O4. The number of esters is 1. The lowest BCUT2D eigenvalue weighted by Gasteiger charge is -2.02. The maximum Gasteiger partial charge on any atom is 0.413 e. The van der Waals surface area contributed by atoms with Gasteiger partial charge in [-0.05, 0) is 24.6 Å². The van der Waals surface area contributed by atoms with Gasteiger partial charge >= 0.3 is 12.1 Å². The summed E-state index contributed by atoms with van der Waals surface area (Å²) >= 11 is 0. The fourth-order valence-corrected chi connectivity index (χ4v) is 1.62. The number of anilines is 1. The molecule has 0 aliphatic heterocycles. The average molecular weight is 277 g/mol. The number of hydrogen-bond acceptors (Lipinski definition) is 5. The molecule has 0 radical (unpaired) electrons. The maximum absolute atomic E-state index is 11.7. The molecule has 1 aromatic heterocycles. The van der Waals surface area contributed by atoms with Crippen LogP contribution in [0.5, 0.6) is 0 Å². The Balaban J connectivity index is 2.21. The summed E-state index contributed by atoms with van der Waals surface area (Å²) in [5, 5.41) is 2.42. The molecule has 7 heteroatoms. The molecule has 1 heterocycles.